The third-order valence-corrected chi connectivity index (χ3v) is 5.35. The van der Waals surface area contributed by atoms with Crippen LogP contribution in [-0.2, 0) is 4.79 Å². The number of imide groups is 1. The number of hydrogen-bond acceptors (Lipinski definition) is 5. The third kappa shape index (κ3) is 3.82. The van der Waals surface area contributed by atoms with Gasteiger partial charge in [-0.2, -0.15) is 0 Å². The van der Waals surface area contributed by atoms with Crippen LogP contribution in [0.2, 0.25) is 5.02 Å². The number of carbonyl (C=O) groups excluding carboxylic acids is 2. The second kappa shape index (κ2) is 7.61. The van der Waals surface area contributed by atoms with Gasteiger partial charge in [-0.3, -0.25) is 9.59 Å². The molecule has 0 aromatic heterocycles. The third-order valence-electron chi connectivity index (χ3n) is 3.80. The summed E-state index contributed by atoms with van der Waals surface area (Å²) in [5.41, 5.74) is 2.30. The zero-order chi connectivity index (χ0) is 18.8. The van der Waals surface area contributed by atoms with Crippen molar-refractivity contribution >= 4 is 63.5 Å². The molecule has 1 aliphatic heterocycles. The Morgan fingerprint density at radius 3 is 2.31 bits per heavy atom. The molecule has 26 heavy (non-hydrogen) atoms. The van der Waals surface area contributed by atoms with Crippen LogP contribution < -0.4 is 4.90 Å². The van der Waals surface area contributed by atoms with Gasteiger partial charge in [-0.1, -0.05) is 47.7 Å². The molecule has 0 radical (unpaired) electrons. The van der Waals surface area contributed by atoms with E-state index in [1.807, 2.05) is 43.3 Å². The smallest absolute Gasteiger partial charge is 0.273 e. The van der Waals surface area contributed by atoms with Crippen LogP contribution in [-0.4, -0.2) is 35.1 Å². The number of hydrogen-bond donors (Lipinski definition) is 0. The van der Waals surface area contributed by atoms with Crippen LogP contribution in [0.1, 0.15) is 15.9 Å². The Balaban J connectivity index is 1.84. The second-order valence-electron chi connectivity index (χ2n) is 5.82. The highest BCUT2D eigenvalue weighted by Crippen LogP contribution is 2.34. The van der Waals surface area contributed by atoms with Gasteiger partial charge < -0.3 is 4.90 Å². The lowest BCUT2D eigenvalue weighted by atomic mass is 10.1. The van der Waals surface area contributed by atoms with Crippen LogP contribution >= 0.6 is 35.6 Å². The summed E-state index contributed by atoms with van der Waals surface area (Å²) in [6.45, 7) is 0. The zero-order valence-corrected chi connectivity index (χ0v) is 16.5. The number of thioether (sulfide) groups is 1. The molecule has 0 aliphatic carbocycles. The Morgan fingerprint density at radius 2 is 1.73 bits per heavy atom. The van der Waals surface area contributed by atoms with E-state index in [9.17, 15) is 9.59 Å². The summed E-state index contributed by atoms with van der Waals surface area (Å²) < 4.78 is 0.228. The van der Waals surface area contributed by atoms with E-state index in [0.717, 1.165) is 27.9 Å². The Kier molecular flexibility index (Phi) is 5.46. The Labute approximate surface area is 166 Å². The fourth-order valence-corrected chi connectivity index (χ4v) is 3.76. The van der Waals surface area contributed by atoms with Gasteiger partial charge in [0, 0.05) is 30.4 Å². The average Bonchev–Trinajstić information content (AvgIpc) is 2.89. The summed E-state index contributed by atoms with van der Waals surface area (Å²) in [6, 6.07) is 14.1. The minimum absolute atomic E-state index is 0.228. The van der Waals surface area contributed by atoms with Crippen molar-refractivity contribution in [1.29, 1.82) is 0 Å². The summed E-state index contributed by atoms with van der Waals surface area (Å²) >= 11 is 12.2. The molecule has 1 saturated heterocycles. The van der Waals surface area contributed by atoms with Crippen molar-refractivity contribution in [2.24, 2.45) is 0 Å². The fourth-order valence-electron chi connectivity index (χ4n) is 2.38. The molecule has 0 atom stereocenters. The van der Waals surface area contributed by atoms with Gasteiger partial charge >= 0.3 is 0 Å². The molecule has 132 valence electrons. The van der Waals surface area contributed by atoms with E-state index in [2.05, 4.69) is 0 Å². The highest BCUT2D eigenvalue weighted by atomic mass is 35.5. The molecule has 0 N–H and O–H groups in total. The first-order chi connectivity index (χ1) is 12.4. The van der Waals surface area contributed by atoms with E-state index in [1.54, 1.807) is 30.3 Å². The van der Waals surface area contributed by atoms with Crippen LogP contribution in [0, 0.1) is 0 Å². The summed E-state index contributed by atoms with van der Waals surface area (Å²) in [4.78, 5) is 28.7. The maximum absolute atomic E-state index is 12.7. The van der Waals surface area contributed by atoms with E-state index in [1.165, 1.54) is 0 Å². The minimum atomic E-state index is -0.449. The normalized spacial score (nSPS) is 15.7. The topological polar surface area (TPSA) is 40.6 Å². The van der Waals surface area contributed by atoms with Crippen molar-refractivity contribution in [3.05, 3.63) is 69.6 Å². The molecule has 1 aliphatic rings. The van der Waals surface area contributed by atoms with Gasteiger partial charge in [-0.05, 0) is 48.0 Å². The number of halogens is 1. The second-order valence-corrected chi connectivity index (χ2v) is 7.93. The SMILES string of the molecule is CN(C)c1ccc(/C=C2/SC(=S)N(C(=O)c3ccc(Cl)cc3)C2=O)cc1. The van der Waals surface area contributed by atoms with Gasteiger partial charge in [-0.15, -0.1) is 0 Å². The fraction of sp³-hybridized carbons (Fsp3) is 0.105. The van der Waals surface area contributed by atoms with E-state index >= 15 is 0 Å². The van der Waals surface area contributed by atoms with Gasteiger partial charge in [0.15, 0.2) is 4.32 Å². The van der Waals surface area contributed by atoms with Gasteiger partial charge in [0.25, 0.3) is 11.8 Å². The van der Waals surface area contributed by atoms with Crippen LogP contribution in [0.25, 0.3) is 6.08 Å². The highest BCUT2D eigenvalue weighted by molar-refractivity contribution is 8.26. The van der Waals surface area contributed by atoms with Crippen molar-refractivity contribution in [3.63, 3.8) is 0 Å². The predicted octanol–water partition coefficient (Wildman–Crippen LogP) is 4.45. The molecule has 2 amide bonds. The molecule has 2 aromatic carbocycles. The first-order valence-electron chi connectivity index (χ1n) is 7.72. The number of amides is 2. The average molecular weight is 403 g/mol. The summed E-state index contributed by atoms with van der Waals surface area (Å²) in [7, 11) is 3.92. The van der Waals surface area contributed by atoms with Crippen LogP contribution in [0.15, 0.2) is 53.4 Å². The van der Waals surface area contributed by atoms with Crippen LogP contribution in [0.5, 0.6) is 0 Å². The first-order valence-corrected chi connectivity index (χ1v) is 9.32. The maximum Gasteiger partial charge on any atom is 0.273 e. The number of carbonyl (C=O) groups is 2. The summed E-state index contributed by atoms with van der Waals surface area (Å²) in [5.74, 6) is -0.854. The number of nitrogens with zero attached hydrogens (tertiary/aromatic N) is 2. The molecule has 7 heteroatoms. The van der Waals surface area contributed by atoms with Gasteiger partial charge in [0.2, 0.25) is 0 Å². The molecule has 0 saturated carbocycles. The van der Waals surface area contributed by atoms with Crippen LogP contribution in [0.4, 0.5) is 5.69 Å². The highest BCUT2D eigenvalue weighted by Gasteiger charge is 2.37. The van der Waals surface area contributed by atoms with Crippen molar-refractivity contribution in [3.8, 4) is 0 Å². The molecule has 1 heterocycles. The van der Waals surface area contributed by atoms with E-state index in [0.29, 0.717) is 15.5 Å². The molecule has 0 spiro atoms. The lowest BCUT2D eigenvalue weighted by molar-refractivity contribution is -0.120. The predicted molar refractivity (Wildman–Crippen MR) is 112 cm³/mol. The molecule has 4 nitrogen and oxygen atoms in total. The first kappa shape index (κ1) is 18.6. The lowest BCUT2D eigenvalue weighted by Crippen LogP contribution is -2.34. The monoisotopic (exact) mass is 402 g/mol. The summed E-state index contributed by atoms with van der Waals surface area (Å²) in [5, 5.41) is 0.521. The van der Waals surface area contributed by atoms with Crippen LogP contribution in [0.3, 0.4) is 0 Å². The zero-order valence-electron chi connectivity index (χ0n) is 14.1. The van der Waals surface area contributed by atoms with Crippen molar-refractivity contribution in [2.75, 3.05) is 19.0 Å². The van der Waals surface area contributed by atoms with E-state index in [4.69, 9.17) is 23.8 Å². The maximum atomic E-state index is 12.7. The molecular weight excluding hydrogens is 388 g/mol. The van der Waals surface area contributed by atoms with Crippen molar-refractivity contribution in [2.45, 2.75) is 0 Å². The lowest BCUT2D eigenvalue weighted by Gasteiger charge is -2.12. The van der Waals surface area contributed by atoms with Gasteiger partial charge in [-0.25, -0.2) is 4.90 Å². The molecule has 3 rings (SSSR count). The molecule has 0 bridgehead atoms. The Morgan fingerprint density at radius 1 is 1.12 bits per heavy atom. The standard InChI is InChI=1S/C19H15ClN2O2S2/c1-21(2)15-9-3-12(4-10-15)11-16-18(24)22(19(25)26-16)17(23)13-5-7-14(20)8-6-13/h3-11H,1-2H3/b16-11+. The number of thiocarbonyl (C=S) groups is 1. The largest absolute Gasteiger partial charge is 0.378 e. The van der Waals surface area contributed by atoms with Crippen molar-refractivity contribution in [1.82, 2.24) is 4.90 Å². The summed E-state index contributed by atoms with van der Waals surface area (Å²) in [6.07, 6.45) is 1.74. The molecule has 1 fully saturated rings. The molecule has 0 unspecified atom stereocenters. The number of rotatable bonds is 3. The molecule has 2 aromatic rings. The quantitative estimate of drug-likeness (QED) is 0.431. The number of anilines is 1. The van der Waals surface area contributed by atoms with Gasteiger partial charge in [0.05, 0.1) is 4.91 Å². The Bertz CT molecular complexity index is 906. The molecular formula is C19H15ClN2O2S2. The van der Waals surface area contributed by atoms with E-state index < -0.39 is 11.8 Å². The number of benzene rings is 2. The van der Waals surface area contributed by atoms with Crippen molar-refractivity contribution < 1.29 is 9.59 Å². The van der Waals surface area contributed by atoms with E-state index in [-0.39, 0.29) is 4.32 Å². The van der Waals surface area contributed by atoms with Gasteiger partial charge in [0.1, 0.15) is 0 Å². The Hall–Kier alpha value is -2.15. The minimum Gasteiger partial charge on any atom is -0.378 e.